The molecule has 0 saturated carbocycles. The van der Waals surface area contributed by atoms with Gasteiger partial charge in [-0.25, -0.2) is 4.98 Å². The van der Waals surface area contributed by atoms with Gasteiger partial charge in [-0.1, -0.05) is 25.1 Å². The van der Waals surface area contributed by atoms with Gasteiger partial charge in [0.2, 0.25) is 0 Å². The first-order valence-electron chi connectivity index (χ1n) is 8.26. The zero-order valence-electron chi connectivity index (χ0n) is 14.6. The van der Waals surface area contributed by atoms with E-state index >= 15 is 0 Å². The molecular formula is C18H26N4OS. The van der Waals surface area contributed by atoms with Crippen molar-refractivity contribution in [2.24, 2.45) is 4.99 Å². The summed E-state index contributed by atoms with van der Waals surface area (Å²) in [6.07, 6.45) is 4.83. The van der Waals surface area contributed by atoms with Gasteiger partial charge in [0.05, 0.1) is 12.1 Å². The molecule has 0 saturated heterocycles. The van der Waals surface area contributed by atoms with Crippen LogP contribution >= 0.6 is 11.3 Å². The van der Waals surface area contributed by atoms with Gasteiger partial charge >= 0.3 is 0 Å². The Morgan fingerprint density at radius 1 is 1.21 bits per heavy atom. The third kappa shape index (κ3) is 5.53. The van der Waals surface area contributed by atoms with Crippen molar-refractivity contribution in [1.82, 2.24) is 15.6 Å². The van der Waals surface area contributed by atoms with E-state index in [0.717, 1.165) is 44.1 Å². The normalized spacial score (nSPS) is 11.4. The average Bonchev–Trinajstić information content (AvgIpc) is 3.08. The largest absolute Gasteiger partial charge is 0.496 e. The van der Waals surface area contributed by atoms with Gasteiger partial charge in [-0.2, -0.15) is 0 Å². The molecular weight excluding hydrogens is 320 g/mol. The molecule has 6 heteroatoms. The lowest BCUT2D eigenvalue weighted by molar-refractivity contribution is 0.409. The highest BCUT2D eigenvalue weighted by Crippen LogP contribution is 2.17. The van der Waals surface area contributed by atoms with Gasteiger partial charge in [-0.05, 0) is 24.5 Å². The highest BCUT2D eigenvalue weighted by Gasteiger charge is 2.04. The van der Waals surface area contributed by atoms with Crippen molar-refractivity contribution >= 4 is 17.3 Å². The molecule has 0 radical (unpaired) electrons. The van der Waals surface area contributed by atoms with Gasteiger partial charge in [-0.3, -0.25) is 4.99 Å². The topological polar surface area (TPSA) is 58.5 Å². The number of hydrogen-bond donors (Lipinski definition) is 2. The molecule has 0 fully saturated rings. The second-order valence-electron chi connectivity index (χ2n) is 5.31. The molecule has 0 aliphatic carbocycles. The maximum absolute atomic E-state index is 5.37. The summed E-state index contributed by atoms with van der Waals surface area (Å²) in [7, 11) is 3.49. The highest BCUT2D eigenvalue weighted by molar-refractivity contribution is 7.11. The fourth-order valence-corrected chi connectivity index (χ4v) is 3.22. The quantitative estimate of drug-likeness (QED) is 0.570. The number of nitrogens with zero attached hydrogens (tertiary/aromatic N) is 2. The number of methoxy groups -OCH3 is 1. The van der Waals surface area contributed by atoms with E-state index in [4.69, 9.17) is 4.74 Å². The molecule has 0 amide bonds. The predicted octanol–water partition coefficient (Wildman–Crippen LogP) is 2.66. The summed E-state index contributed by atoms with van der Waals surface area (Å²) < 4.78 is 5.37. The fourth-order valence-electron chi connectivity index (χ4n) is 2.36. The van der Waals surface area contributed by atoms with Gasteiger partial charge in [0.25, 0.3) is 0 Å². The smallest absolute Gasteiger partial charge is 0.191 e. The maximum atomic E-state index is 5.37. The number of hydrogen-bond acceptors (Lipinski definition) is 4. The van der Waals surface area contributed by atoms with Gasteiger partial charge in [0.1, 0.15) is 5.75 Å². The van der Waals surface area contributed by atoms with E-state index in [2.05, 4.69) is 33.6 Å². The summed E-state index contributed by atoms with van der Waals surface area (Å²) in [5.74, 6) is 1.75. The molecule has 0 bridgehead atoms. The number of aryl methyl sites for hydroxylation is 1. The predicted molar refractivity (Wildman–Crippen MR) is 101 cm³/mol. The molecule has 0 aliphatic heterocycles. The van der Waals surface area contributed by atoms with E-state index in [1.54, 1.807) is 25.5 Å². The minimum Gasteiger partial charge on any atom is -0.496 e. The number of thiazole rings is 1. The summed E-state index contributed by atoms with van der Waals surface area (Å²) in [4.78, 5) is 10.0. The van der Waals surface area contributed by atoms with Crippen molar-refractivity contribution in [3.63, 3.8) is 0 Å². The van der Waals surface area contributed by atoms with Crippen LogP contribution in [0.25, 0.3) is 0 Å². The Balaban J connectivity index is 1.72. The standard InChI is InChI=1S/C18H26N4OS/c1-4-15-13-22-17(24-15)10-12-21-18(19-2)20-11-9-14-7-5-6-8-16(14)23-3/h5-8,13H,4,9-12H2,1-3H3,(H2,19,20,21). The molecule has 1 aromatic carbocycles. The lowest BCUT2D eigenvalue weighted by Crippen LogP contribution is -2.39. The zero-order valence-corrected chi connectivity index (χ0v) is 15.4. The van der Waals surface area contributed by atoms with E-state index < -0.39 is 0 Å². The lowest BCUT2D eigenvalue weighted by atomic mass is 10.1. The van der Waals surface area contributed by atoms with Crippen LogP contribution in [0, 0.1) is 0 Å². The van der Waals surface area contributed by atoms with E-state index in [1.807, 2.05) is 24.4 Å². The molecule has 0 aliphatic rings. The molecule has 5 nitrogen and oxygen atoms in total. The fraction of sp³-hybridized carbons (Fsp3) is 0.444. The Labute approximate surface area is 148 Å². The van der Waals surface area contributed by atoms with Crippen LogP contribution in [-0.4, -0.2) is 38.2 Å². The monoisotopic (exact) mass is 346 g/mol. The molecule has 0 spiro atoms. The second-order valence-corrected chi connectivity index (χ2v) is 6.51. The van der Waals surface area contributed by atoms with Gasteiger partial charge in [0, 0.05) is 37.6 Å². The second kappa shape index (κ2) is 9.93. The van der Waals surface area contributed by atoms with Crippen LogP contribution in [0.5, 0.6) is 5.75 Å². The molecule has 24 heavy (non-hydrogen) atoms. The molecule has 1 heterocycles. The van der Waals surface area contributed by atoms with Crippen LogP contribution in [0.15, 0.2) is 35.5 Å². The average molecular weight is 347 g/mol. The Morgan fingerprint density at radius 3 is 2.62 bits per heavy atom. The van der Waals surface area contributed by atoms with Crippen LogP contribution in [0.2, 0.25) is 0 Å². The first-order valence-corrected chi connectivity index (χ1v) is 9.08. The number of para-hydroxylation sites is 1. The first kappa shape index (κ1) is 18.3. The van der Waals surface area contributed by atoms with Crippen LogP contribution in [-0.2, 0) is 19.3 Å². The van der Waals surface area contributed by atoms with E-state index in [0.29, 0.717) is 0 Å². The molecule has 0 atom stereocenters. The number of ether oxygens (including phenoxy) is 1. The van der Waals surface area contributed by atoms with Crippen LogP contribution in [0.1, 0.15) is 22.4 Å². The summed E-state index contributed by atoms with van der Waals surface area (Å²) in [5, 5.41) is 7.84. The highest BCUT2D eigenvalue weighted by atomic mass is 32.1. The van der Waals surface area contributed by atoms with Gasteiger partial charge in [0.15, 0.2) is 5.96 Å². The summed E-state index contributed by atoms with van der Waals surface area (Å²) in [5.41, 5.74) is 1.19. The van der Waals surface area contributed by atoms with Crippen molar-refractivity contribution in [2.45, 2.75) is 26.2 Å². The van der Waals surface area contributed by atoms with Crippen molar-refractivity contribution in [2.75, 3.05) is 27.2 Å². The number of aromatic nitrogens is 1. The zero-order chi connectivity index (χ0) is 17.2. The number of guanidine groups is 1. The molecule has 1 aromatic heterocycles. The van der Waals surface area contributed by atoms with Crippen molar-refractivity contribution in [1.29, 1.82) is 0 Å². The SMILES string of the molecule is CCc1cnc(CCNC(=NC)NCCc2ccccc2OC)s1. The lowest BCUT2D eigenvalue weighted by Gasteiger charge is -2.12. The Bertz CT molecular complexity index is 654. The molecule has 0 unspecified atom stereocenters. The van der Waals surface area contributed by atoms with E-state index in [9.17, 15) is 0 Å². The number of benzene rings is 1. The van der Waals surface area contributed by atoms with Crippen LogP contribution < -0.4 is 15.4 Å². The minimum atomic E-state index is 0.803. The van der Waals surface area contributed by atoms with Gasteiger partial charge < -0.3 is 15.4 Å². The number of rotatable bonds is 8. The Morgan fingerprint density at radius 2 is 1.96 bits per heavy atom. The first-order chi connectivity index (χ1) is 11.8. The molecule has 2 rings (SSSR count). The van der Waals surface area contributed by atoms with Crippen molar-refractivity contribution in [3.05, 3.63) is 45.9 Å². The van der Waals surface area contributed by atoms with Gasteiger partial charge in [-0.15, -0.1) is 11.3 Å². The van der Waals surface area contributed by atoms with Crippen molar-refractivity contribution in [3.8, 4) is 5.75 Å². The summed E-state index contributed by atoms with van der Waals surface area (Å²) in [6, 6.07) is 8.09. The number of aliphatic imine (C=N–C) groups is 1. The summed E-state index contributed by atoms with van der Waals surface area (Å²) in [6.45, 7) is 3.78. The van der Waals surface area contributed by atoms with Crippen molar-refractivity contribution < 1.29 is 4.74 Å². The molecule has 130 valence electrons. The Kier molecular flexibility index (Phi) is 7.55. The van der Waals surface area contributed by atoms with E-state index in [-0.39, 0.29) is 0 Å². The molecule has 2 N–H and O–H groups in total. The van der Waals surface area contributed by atoms with E-state index in [1.165, 1.54) is 15.4 Å². The van der Waals surface area contributed by atoms with Crippen LogP contribution in [0.4, 0.5) is 0 Å². The molecule has 2 aromatic rings. The minimum absolute atomic E-state index is 0.803. The summed E-state index contributed by atoms with van der Waals surface area (Å²) >= 11 is 1.79. The maximum Gasteiger partial charge on any atom is 0.191 e. The number of nitrogens with one attached hydrogen (secondary N) is 2. The Hall–Kier alpha value is -2.08. The third-order valence-electron chi connectivity index (χ3n) is 3.68. The third-order valence-corrected chi connectivity index (χ3v) is 4.89. The van der Waals surface area contributed by atoms with Crippen LogP contribution in [0.3, 0.4) is 0 Å².